The van der Waals surface area contributed by atoms with Gasteiger partial charge in [0.25, 0.3) is 10.0 Å². The molecule has 0 aromatic heterocycles. The molecule has 0 aliphatic rings. The van der Waals surface area contributed by atoms with Crippen LogP contribution in [0.2, 0.25) is 0 Å². The molecule has 2 amide bonds. The predicted molar refractivity (Wildman–Crippen MR) is 151 cm³/mol. The smallest absolute Gasteiger partial charge is 0.264 e. The van der Waals surface area contributed by atoms with Gasteiger partial charge in [-0.15, -0.1) is 0 Å². The largest absolute Gasteiger partial charge is 0.352 e. The molecule has 2 atom stereocenters. The molecule has 0 saturated carbocycles. The van der Waals surface area contributed by atoms with Gasteiger partial charge in [-0.25, -0.2) is 12.8 Å². The zero-order chi connectivity index (χ0) is 28.7. The monoisotopic (exact) mass is 553 g/mol. The third-order valence-electron chi connectivity index (χ3n) is 6.65. The highest BCUT2D eigenvalue weighted by Gasteiger charge is 2.33. The van der Waals surface area contributed by atoms with Crippen molar-refractivity contribution in [2.24, 2.45) is 0 Å². The number of rotatable bonds is 11. The number of sulfonamides is 1. The van der Waals surface area contributed by atoms with Gasteiger partial charge in [0.2, 0.25) is 11.8 Å². The van der Waals surface area contributed by atoms with Gasteiger partial charge in [0.05, 0.1) is 10.6 Å². The van der Waals surface area contributed by atoms with Crippen LogP contribution in [0.5, 0.6) is 0 Å². The molecular weight excluding hydrogens is 517 g/mol. The van der Waals surface area contributed by atoms with E-state index in [4.69, 9.17) is 0 Å². The van der Waals surface area contributed by atoms with Gasteiger partial charge >= 0.3 is 0 Å². The maximum atomic E-state index is 15.0. The molecule has 9 heteroatoms. The molecule has 7 nitrogen and oxygen atoms in total. The van der Waals surface area contributed by atoms with Crippen LogP contribution in [-0.2, 0) is 26.2 Å². The van der Waals surface area contributed by atoms with Gasteiger partial charge in [-0.05, 0) is 63.9 Å². The Morgan fingerprint density at radius 3 is 2.03 bits per heavy atom. The molecule has 3 aromatic carbocycles. The molecule has 0 heterocycles. The summed E-state index contributed by atoms with van der Waals surface area (Å²) in [5.74, 6) is -1.78. The molecule has 0 bridgehead atoms. The number of nitrogens with zero attached hydrogens (tertiary/aromatic N) is 2. The first-order valence-corrected chi connectivity index (χ1v) is 14.4. The summed E-state index contributed by atoms with van der Waals surface area (Å²) in [6.07, 6.45) is 0.709. The maximum absolute atomic E-state index is 15.0. The van der Waals surface area contributed by atoms with E-state index < -0.39 is 34.3 Å². The standard InChI is InChI=1S/C30H36FN3O4S/c1-6-23(4)32-30(36)24(5)33(19-25-15-11-21(2)12-16-25)29(35)20-34(28-10-8-7-9-27(28)31)39(37,38)26-17-13-22(3)14-18-26/h7-18,23-24H,6,19-20H2,1-5H3,(H,32,36)/t23-,24+/m1/s1. The zero-order valence-corrected chi connectivity index (χ0v) is 23.8. The second kappa shape index (κ2) is 12.9. The summed E-state index contributed by atoms with van der Waals surface area (Å²) in [4.78, 5) is 28.2. The number of hydrogen-bond donors (Lipinski definition) is 1. The predicted octanol–water partition coefficient (Wildman–Crippen LogP) is 4.97. The Morgan fingerprint density at radius 1 is 0.897 bits per heavy atom. The van der Waals surface area contributed by atoms with Crippen molar-refractivity contribution in [1.29, 1.82) is 0 Å². The molecule has 3 rings (SSSR count). The molecule has 0 aliphatic heterocycles. The van der Waals surface area contributed by atoms with Gasteiger partial charge in [0.15, 0.2) is 0 Å². The number of halogens is 1. The summed E-state index contributed by atoms with van der Waals surface area (Å²) >= 11 is 0. The minimum absolute atomic E-state index is 0.0724. The summed E-state index contributed by atoms with van der Waals surface area (Å²) in [7, 11) is -4.32. The maximum Gasteiger partial charge on any atom is 0.264 e. The van der Waals surface area contributed by atoms with Crippen molar-refractivity contribution in [2.75, 3.05) is 10.8 Å². The highest BCUT2D eigenvalue weighted by Crippen LogP contribution is 2.27. The van der Waals surface area contributed by atoms with Gasteiger partial charge in [0.1, 0.15) is 18.4 Å². The van der Waals surface area contributed by atoms with Crippen molar-refractivity contribution in [3.63, 3.8) is 0 Å². The molecule has 39 heavy (non-hydrogen) atoms. The number of benzene rings is 3. The lowest BCUT2D eigenvalue weighted by Gasteiger charge is -2.32. The highest BCUT2D eigenvalue weighted by molar-refractivity contribution is 7.92. The van der Waals surface area contributed by atoms with E-state index in [-0.39, 0.29) is 29.1 Å². The molecule has 0 saturated heterocycles. The fourth-order valence-electron chi connectivity index (χ4n) is 3.94. The molecule has 0 aliphatic carbocycles. The van der Waals surface area contributed by atoms with Crippen LogP contribution in [0, 0.1) is 19.7 Å². The Morgan fingerprint density at radius 2 is 1.46 bits per heavy atom. The summed E-state index contributed by atoms with van der Waals surface area (Å²) in [5.41, 5.74) is 2.41. The van der Waals surface area contributed by atoms with Crippen LogP contribution in [0.4, 0.5) is 10.1 Å². The van der Waals surface area contributed by atoms with Crippen LogP contribution >= 0.6 is 0 Å². The third-order valence-corrected chi connectivity index (χ3v) is 8.42. The summed E-state index contributed by atoms with van der Waals surface area (Å²) in [6, 6.07) is 18.0. The molecule has 0 unspecified atom stereocenters. The lowest BCUT2D eigenvalue weighted by Crippen LogP contribution is -2.52. The normalized spacial score (nSPS) is 12.9. The van der Waals surface area contributed by atoms with Gasteiger partial charge in [0, 0.05) is 12.6 Å². The van der Waals surface area contributed by atoms with E-state index >= 15 is 0 Å². The van der Waals surface area contributed by atoms with Crippen molar-refractivity contribution >= 4 is 27.5 Å². The van der Waals surface area contributed by atoms with Crippen molar-refractivity contribution in [2.45, 2.75) is 64.6 Å². The second-order valence-electron chi connectivity index (χ2n) is 9.78. The fourth-order valence-corrected chi connectivity index (χ4v) is 5.37. The zero-order valence-electron chi connectivity index (χ0n) is 23.0. The van der Waals surface area contributed by atoms with Crippen LogP contribution in [0.15, 0.2) is 77.7 Å². The van der Waals surface area contributed by atoms with Gasteiger partial charge < -0.3 is 10.2 Å². The Kier molecular flexibility index (Phi) is 9.86. The quantitative estimate of drug-likeness (QED) is 0.363. The second-order valence-corrected chi connectivity index (χ2v) is 11.6. The van der Waals surface area contributed by atoms with Crippen LogP contribution < -0.4 is 9.62 Å². The number of nitrogens with one attached hydrogen (secondary N) is 1. The summed E-state index contributed by atoms with van der Waals surface area (Å²) in [6.45, 7) is 8.55. The Hall–Kier alpha value is -3.72. The van der Waals surface area contributed by atoms with E-state index in [1.165, 1.54) is 35.2 Å². The SMILES string of the molecule is CC[C@@H](C)NC(=O)[C@H](C)N(Cc1ccc(C)cc1)C(=O)CN(c1ccccc1F)S(=O)(=O)c1ccc(C)cc1. The van der Waals surface area contributed by atoms with E-state index in [0.29, 0.717) is 6.42 Å². The first-order chi connectivity index (χ1) is 18.4. The number of carbonyl (C=O) groups is 2. The van der Waals surface area contributed by atoms with Gasteiger partial charge in [-0.3, -0.25) is 13.9 Å². The average molecular weight is 554 g/mol. The summed E-state index contributed by atoms with van der Waals surface area (Å²) < 4.78 is 43.2. The number of aryl methyl sites for hydroxylation is 2. The van der Waals surface area contributed by atoms with Gasteiger partial charge in [-0.2, -0.15) is 0 Å². The number of carbonyl (C=O) groups excluding carboxylic acids is 2. The highest BCUT2D eigenvalue weighted by atomic mass is 32.2. The molecule has 0 spiro atoms. The van der Waals surface area contributed by atoms with Crippen LogP contribution in [0.1, 0.15) is 43.9 Å². The lowest BCUT2D eigenvalue weighted by molar-refractivity contribution is -0.139. The average Bonchev–Trinajstić information content (AvgIpc) is 2.91. The Bertz CT molecular complexity index is 1390. The van der Waals surface area contributed by atoms with E-state index in [1.807, 2.05) is 52.0 Å². The Balaban J connectivity index is 2.03. The van der Waals surface area contributed by atoms with E-state index in [0.717, 1.165) is 27.1 Å². The van der Waals surface area contributed by atoms with Crippen LogP contribution in [0.3, 0.4) is 0 Å². The van der Waals surface area contributed by atoms with Crippen LogP contribution in [-0.4, -0.2) is 43.8 Å². The van der Waals surface area contributed by atoms with Gasteiger partial charge in [-0.1, -0.05) is 66.6 Å². The molecule has 3 aromatic rings. The first-order valence-electron chi connectivity index (χ1n) is 12.9. The van der Waals surface area contributed by atoms with Crippen molar-refractivity contribution in [3.05, 3.63) is 95.3 Å². The topological polar surface area (TPSA) is 86.8 Å². The number of hydrogen-bond acceptors (Lipinski definition) is 4. The molecule has 1 N–H and O–H groups in total. The van der Waals surface area contributed by atoms with Crippen LogP contribution in [0.25, 0.3) is 0 Å². The third kappa shape index (κ3) is 7.44. The fraction of sp³-hybridized carbons (Fsp3) is 0.333. The number of para-hydroxylation sites is 1. The first kappa shape index (κ1) is 29.8. The van der Waals surface area contributed by atoms with E-state index in [9.17, 15) is 22.4 Å². The minimum Gasteiger partial charge on any atom is -0.352 e. The minimum atomic E-state index is -4.32. The van der Waals surface area contributed by atoms with E-state index in [1.54, 1.807) is 19.1 Å². The molecular formula is C30H36FN3O4S. The van der Waals surface area contributed by atoms with Crippen molar-refractivity contribution < 1.29 is 22.4 Å². The molecule has 0 fully saturated rings. The van der Waals surface area contributed by atoms with Crippen molar-refractivity contribution in [3.8, 4) is 0 Å². The molecule has 0 radical (unpaired) electrons. The lowest BCUT2D eigenvalue weighted by atomic mass is 10.1. The number of amides is 2. The Labute approximate surface area is 230 Å². The summed E-state index contributed by atoms with van der Waals surface area (Å²) in [5, 5.41) is 2.89. The van der Waals surface area contributed by atoms with E-state index in [2.05, 4.69) is 5.32 Å². The van der Waals surface area contributed by atoms with Crippen molar-refractivity contribution in [1.82, 2.24) is 10.2 Å². The molecule has 208 valence electrons. The number of anilines is 1.